The molecule has 2 N–H and O–H groups in total. The summed E-state index contributed by atoms with van der Waals surface area (Å²) in [6.45, 7) is -3.46. The molecule has 0 fully saturated rings. The van der Waals surface area contributed by atoms with Crippen LogP contribution >= 0.6 is 15.9 Å². The number of aliphatic hydroxyl groups is 1. The maximum absolute atomic E-state index is 12.4. The Morgan fingerprint density at radius 3 is 2.38 bits per heavy atom. The van der Waals surface area contributed by atoms with E-state index in [-0.39, 0.29) is 4.31 Å². The highest BCUT2D eigenvalue weighted by Crippen LogP contribution is 2.30. The number of carboxylic acids is 1. The van der Waals surface area contributed by atoms with Crippen LogP contribution in [0.1, 0.15) is 10.6 Å². The average Bonchev–Trinajstić information content (AvgIpc) is 2.70. The summed E-state index contributed by atoms with van der Waals surface area (Å²) in [5.41, 5.74) is 0. The number of hydrogen-bond acceptors (Lipinski definition) is 5. The molecule has 1 heterocycles. The molecule has 0 saturated carbocycles. The zero-order chi connectivity index (χ0) is 16.4. The van der Waals surface area contributed by atoms with Crippen molar-refractivity contribution in [2.24, 2.45) is 0 Å². The SMILES string of the molecule is O=C(O)c1cc(S(=O)(=O)N(CCO)CC(F)(F)F)c(Br)o1. The van der Waals surface area contributed by atoms with Crippen LogP contribution in [0.4, 0.5) is 13.2 Å². The number of nitrogens with zero attached hydrogens (tertiary/aromatic N) is 1. The molecule has 0 amide bonds. The van der Waals surface area contributed by atoms with Gasteiger partial charge in [-0.3, -0.25) is 0 Å². The Morgan fingerprint density at radius 1 is 1.43 bits per heavy atom. The summed E-state index contributed by atoms with van der Waals surface area (Å²) in [5.74, 6) is -2.34. The van der Waals surface area contributed by atoms with Crippen LogP contribution in [-0.4, -0.2) is 54.8 Å². The number of aromatic carboxylic acids is 1. The molecule has 120 valence electrons. The zero-order valence-corrected chi connectivity index (χ0v) is 12.5. The Morgan fingerprint density at radius 2 is 2.00 bits per heavy atom. The van der Waals surface area contributed by atoms with Gasteiger partial charge in [-0.1, -0.05) is 0 Å². The van der Waals surface area contributed by atoms with Gasteiger partial charge in [0.1, 0.15) is 11.4 Å². The minimum atomic E-state index is -4.83. The van der Waals surface area contributed by atoms with Crippen LogP contribution in [0.15, 0.2) is 20.0 Å². The molecule has 0 atom stereocenters. The molecule has 0 unspecified atom stereocenters. The lowest BCUT2D eigenvalue weighted by Crippen LogP contribution is -2.40. The minimum absolute atomic E-state index is 0.0196. The fourth-order valence-electron chi connectivity index (χ4n) is 1.37. The normalized spacial score (nSPS) is 12.9. The Balaban J connectivity index is 3.25. The van der Waals surface area contributed by atoms with Crippen LogP contribution in [-0.2, 0) is 10.0 Å². The van der Waals surface area contributed by atoms with E-state index in [9.17, 15) is 26.4 Å². The number of alkyl halides is 3. The van der Waals surface area contributed by atoms with E-state index >= 15 is 0 Å². The molecule has 1 aromatic heterocycles. The van der Waals surface area contributed by atoms with Crippen molar-refractivity contribution in [2.75, 3.05) is 19.7 Å². The quantitative estimate of drug-likeness (QED) is 0.751. The van der Waals surface area contributed by atoms with Crippen molar-refractivity contribution in [3.8, 4) is 0 Å². The lowest BCUT2D eigenvalue weighted by molar-refractivity contribution is -0.136. The Kier molecular flexibility index (Phi) is 5.41. The first-order valence-electron chi connectivity index (χ1n) is 5.19. The number of furan rings is 1. The highest BCUT2D eigenvalue weighted by molar-refractivity contribution is 9.10. The fourth-order valence-corrected chi connectivity index (χ4v) is 3.69. The smallest absolute Gasteiger partial charge is 0.402 e. The summed E-state index contributed by atoms with van der Waals surface area (Å²) in [7, 11) is -4.69. The van der Waals surface area contributed by atoms with E-state index in [0.717, 1.165) is 0 Å². The number of halogens is 4. The van der Waals surface area contributed by atoms with Gasteiger partial charge in [-0.2, -0.15) is 17.5 Å². The van der Waals surface area contributed by atoms with E-state index < -0.39 is 57.2 Å². The topological polar surface area (TPSA) is 108 Å². The number of carbonyl (C=O) groups is 1. The number of hydrogen-bond donors (Lipinski definition) is 2. The first-order valence-corrected chi connectivity index (χ1v) is 7.42. The summed E-state index contributed by atoms with van der Waals surface area (Å²) >= 11 is 2.64. The van der Waals surface area contributed by atoms with Crippen molar-refractivity contribution in [3.05, 3.63) is 16.5 Å². The number of rotatable bonds is 6. The summed E-state index contributed by atoms with van der Waals surface area (Å²) in [4.78, 5) is 9.91. The molecule has 1 aromatic rings. The fraction of sp³-hybridized carbons (Fsp3) is 0.444. The van der Waals surface area contributed by atoms with Gasteiger partial charge < -0.3 is 14.6 Å². The first kappa shape index (κ1) is 17.9. The number of sulfonamides is 1. The van der Waals surface area contributed by atoms with E-state index in [1.807, 2.05) is 0 Å². The Hall–Kier alpha value is -1.11. The molecule has 21 heavy (non-hydrogen) atoms. The molecule has 1 rings (SSSR count). The van der Waals surface area contributed by atoms with Crippen LogP contribution in [0.25, 0.3) is 0 Å². The van der Waals surface area contributed by atoms with Gasteiger partial charge in [0.05, 0.1) is 6.61 Å². The van der Waals surface area contributed by atoms with Crippen LogP contribution in [0, 0.1) is 0 Å². The van der Waals surface area contributed by atoms with Crippen LogP contribution in [0.2, 0.25) is 0 Å². The second-order valence-corrected chi connectivity index (χ2v) is 6.36. The summed E-state index contributed by atoms with van der Waals surface area (Å²) in [5, 5.41) is 17.4. The summed E-state index contributed by atoms with van der Waals surface area (Å²) in [6, 6.07) is 0.586. The average molecular weight is 396 g/mol. The van der Waals surface area contributed by atoms with Crippen molar-refractivity contribution in [1.82, 2.24) is 4.31 Å². The Labute approximate surface area is 125 Å². The van der Waals surface area contributed by atoms with Gasteiger partial charge >= 0.3 is 12.1 Å². The van der Waals surface area contributed by atoms with Crippen molar-refractivity contribution in [3.63, 3.8) is 0 Å². The van der Waals surface area contributed by atoms with Gasteiger partial charge in [0.2, 0.25) is 15.8 Å². The van der Waals surface area contributed by atoms with Gasteiger partial charge in [0.15, 0.2) is 4.67 Å². The lowest BCUT2D eigenvalue weighted by Gasteiger charge is -2.21. The summed E-state index contributed by atoms with van der Waals surface area (Å²) in [6.07, 6.45) is -4.83. The van der Waals surface area contributed by atoms with Crippen LogP contribution in [0.5, 0.6) is 0 Å². The van der Waals surface area contributed by atoms with Crippen molar-refractivity contribution >= 4 is 31.9 Å². The molecular formula is C9H9BrF3NO6S. The largest absolute Gasteiger partial charge is 0.475 e. The molecule has 0 saturated heterocycles. The first-order chi connectivity index (χ1) is 9.49. The third kappa shape index (κ3) is 4.43. The molecule has 0 aliphatic carbocycles. The lowest BCUT2D eigenvalue weighted by atomic mass is 10.5. The maximum Gasteiger partial charge on any atom is 0.402 e. The van der Waals surface area contributed by atoms with E-state index in [4.69, 9.17) is 10.2 Å². The van der Waals surface area contributed by atoms with Crippen molar-refractivity contribution in [2.45, 2.75) is 11.1 Å². The maximum atomic E-state index is 12.4. The predicted octanol–water partition coefficient (Wildman–Crippen LogP) is 1.29. The second-order valence-electron chi connectivity index (χ2n) is 3.73. The Bertz CT molecular complexity index is 626. The van der Waals surface area contributed by atoms with Crippen LogP contribution < -0.4 is 0 Å². The molecule has 0 bridgehead atoms. The molecule has 0 aliphatic heterocycles. The van der Waals surface area contributed by atoms with E-state index in [1.54, 1.807) is 0 Å². The molecule has 0 aromatic carbocycles. The number of aliphatic hydroxyl groups excluding tert-OH is 1. The summed E-state index contributed by atoms with van der Waals surface area (Å²) < 4.78 is 65.4. The molecule has 0 aliphatic rings. The molecular weight excluding hydrogens is 387 g/mol. The highest BCUT2D eigenvalue weighted by Gasteiger charge is 2.38. The second kappa shape index (κ2) is 6.34. The monoisotopic (exact) mass is 395 g/mol. The molecule has 0 spiro atoms. The standard InChI is InChI=1S/C9H9BrF3NO6S/c10-7-6(3-5(20-7)8(16)17)21(18,19)14(1-2-15)4-9(11,12)13/h3,15H,1-2,4H2,(H,16,17). The molecule has 7 nitrogen and oxygen atoms in total. The third-order valence-electron chi connectivity index (χ3n) is 2.19. The van der Waals surface area contributed by atoms with Crippen LogP contribution in [0.3, 0.4) is 0 Å². The van der Waals surface area contributed by atoms with Gasteiger partial charge in [-0.15, -0.1) is 0 Å². The molecule has 0 radical (unpaired) electrons. The molecule has 12 heteroatoms. The number of carboxylic acid groups (broad SMARTS) is 1. The van der Waals surface area contributed by atoms with Crippen molar-refractivity contribution < 1.29 is 41.0 Å². The minimum Gasteiger partial charge on any atom is -0.475 e. The third-order valence-corrected chi connectivity index (χ3v) is 4.89. The van der Waals surface area contributed by atoms with E-state index in [0.29, 0.717) is 6.07 Å². The van der Waals surface area contributed by atoms with Gasteiger partial charge in [0, 0.05) is 12.6 Å². The van der Waals surface area contributed by atoms with Gasteiger partial charge in [0.25, 0.3) is 0 Å². The highest BCUT2D eigenvalue weighted by atomic mass is 79.9. The van der Waals surface area contributed by atoms with Gasteiger partial charge in [-0.05, 0) is 15.9 Å². The predicted molar refractivity (Wildman–Crippen MR) is 65.3 cm³/mol. The zero-order valence-electron chi connectivity index (χ0n) is 10.1. The van der Waals surface area contributed by atoms with E-state index in [2.05, 4.69) is 20.3 Å². The van der Waals surface area contributed by atoms with Crippen molar-refractivity contribution in [1.29, 1.82) is 0 Å². The van der Waals surface area contributed by atoms with Gasteiger partial charge in [-0.25, -0.2) is 13.2 Å². The van der Waals surface area contributed by atoms with E-state index in [1.165, 1.54) is 0 Å².